The number of aryl methyl sites for hydroxylation is 1. The van der Waals surface area contributed by atoms with E-state index in [4.69, 9.17) is 5.73 Å². The topological polar surface area (TPSA) is 55.1 Å². The van der Waals surface area contributed by atoms with Gasteiger partial charge in [-0.25, -0.2) is 0 Å². The Balaban J connectivity index is 2.43. The summed E-state index contributed by atoms with van der Waals surface area (Å²) in [5, 5.41) is 2.94. The number of nitrogens with one attached hydrogen (secondary N) is 1. The number of carbonyl (C=O) groups is 1. The van der Waals surface area contributed by atoms with E-state index in [1.807, 2.05) is 0 Å². The molecular formula is C16H26N2O. The van der Waals surface area contributed by atoms with Gasteiger partial charge in [-0.2, -0.15) is 0 Å². The fraction of sp³-hybridized carbons (Fsp3) is 0.562. The highest BCUT2D eigenvalue weighted by atomic mass is 16.2. The first kappa shape index (κ1) is 15.7. The molecule has 0 aliphatic carbocycles. The molecular weight excluding hydrogens is 236 g/mol. The Morgan fingerprint density at radius 2 is 1.79 bits per heavy atom. The molecule has 0 bridgehead atoms. The number of nitrogens with two attached hydrogens (primary N) is 1. The zero-order valence-corrected chi connectivity index (χ0v) is 12.4. The average Bonchev–Trinajstić information content (AvgIpc) is 2.35. The van der Waals surface area contributed by atoms with Gasteiger partial charge in [-0.1, -0.05) is 50.6 Å². The van der Waals surface area contributed by atoms with Crippen molar-refractivity contribution >= 4 is 5.91 Å². The SMILES string of the molecule is Cc1ccc(C(C)CNC(=O)[C@@H](N)CC(C)C)cc1. The lowest BCUT2D eigenvalue weighted by Crippen LogP contribution is -2.42. The maximum absolute atomic E-state index is 11.8. The van der Waals surface area contributed by atoms with Crippen molar-refractivity contribution in [3.8, 4) is 0 Å². The molecule has 0 saturated heterocycles. The van der Waals surface area contributed by atoms with Crippen molar-refractivity contribution in [1.82, 2.24) is 5.32 Å². The van der Waals surface area contributed by atoms with E-state index in [1.54, 1.807) is 0 Å². The Hall–Kier alpha value is -1.35. The number of benzene rings is 1. The van der Waals surface area contributed by atoms with Crippen molar-refractivity contribution in [3.63, 3.8) is 0 Å². The molecule has 0 heterocycles. The number of hydrogen-bond acceptors (Lipinski definition) is 2. The largest absolute Gasteiger partial charge is 0.354 e. The second-order valence-corrected chi connectivity index (χ2v) is 5.79. The minimum Gasteiger partial charge on any atom is -0.354 e. The molecule has 1 amide bonds. The predicted octanol–water partition coefficient (Wildman–Crippen LogP) is 2.59. The lowest BCUT2D eigenvalue weighted by atomic mass is 9.99. The first-order valence-corrected chi connectivity index (χ1v) is 7.00. The summed E-state index contributed by atoms with van der Waals surface area (Å²) in [4.78, 5) is 11.8. The van der Waals surface area contributed by atoms with Crippen molar-refractivity contribution in [1.29, 1.82) is 0 Å². The Kier molecular flexibility index (Phi) is 6.03. The lowest BCUT2D eigenvalue weighted by Gasteiger charge is -2.17. The van der Waals surface area contributed by atoms with Crippen LogP contribution in [0.1, 0.15) is 44.2 Å². The molecule has 0 aliphatic rings. The van der Waals surface area contributed by atoms with E-state index < -0.39 is 6.04 Å². The van der Waals surface area contributed by atoms with E-state index in [1.165, 1.54) is 11.1 Å². The van der Waals surface area contributed by atoms with Crippen LogP contribution in [0.25, 0.3) is 0 Å². The van der Waals surface area contributed by atoms with Crippen LogP contribution in [0.5, 0.6) is 0 Å². The van der Waals surface area contributed by atoms with Crippen molar-refractivity contribution in [2.24, 2.45) is 11.7 Å². The van der Waals surface area contributed by atoms with Gasteiger partial charge in [-0.3, -0.25) is 4.79 Å². The molecule has 1 aromatic rings. The summed E-state index contributed by atoms with van der Waals surface area (Å²) in [6, 6.07) is 8.02. The van der Waals surface area contributed by atoms with Gasteiger partial charge in [-0.15, -0.1) is 0 Å². The van der Waals surface area contributed by atoms with Crippen LogP contribution < -0.4 is 11.1 Å². The van der Waals surface area contributed by atoms with Gasteiger partial charge in [0.1, 0.15) is 0 Å². The smallest absolute Gasteiger partial charge is 0.236 e. The van der Waals surface area contributed by atoms with Gasteiger partial charge in [0.2, 0.25) is 5.91 Å². The lowest BCUT2D eigenvalue weighted by molar-refractivity contribution is -0.122. The molecule has 2 atom stereocenters. The summed E-state index contributed by atoms with van der Waals surface area (Å²) in [6.45, 7) is 8.96. The van der Waals surface area contributed by atoms with E-state index in [9.17, 15) is 4.79 Å². The Morgan fingerprint density at radius 1 is 1.21 bits per heavy atom. The van der Waals surface area contributed by atoms with Gasteiger partial charge in [-0.05, 0) is 30.7 Å². The monoisotopic (exact) mass is 262 g/mol. The van der Waals surface area contributed by atoms with Crippen LogP contribution >= 0.6 is 0 Å². The van der Waals surface area contributed by atoms with E-state index in [2.05, 4.69) is 57.3 Å². The minimum atomic E-state index is -0.398. The van der Waals surface area contributed by atoms with Crippen LogP contribution in [0.4, 0.5) is 0 Å². The van der Waals surface area contributed by atoms with Crippen LogP contribution in [0.15, 0.2) is 24.3 Å². The third kappa shape index (κ3) is 5.43. The summed E-state index contributed by atoms with van der Waals surface area (Å²) in [5.41, 5.74) is 8.34. The van der Waals surface area contributed by atoms with Crippen LogP contribution in [-0.4, -0.2) is 18.5 Å². The number of amides is 1. The molecule has 0 radical (unpaired) electrons. The molecule has 1 rings (SSSR count). The maximum Gasteiger partial charge on any atom is 0.236 e. The summed E-state index contributed by atoms with van der Waals surface area (Å²) in [5.74, 6) is 0.693. The molecule has 3 N–H and O–H groups in total. The quantitative estimate of drug-likeness (QED) is 0.828. The fourth-order valence-electron chi connectivity index (χ4n) is 2.01. The Labute approximate surface area is 116 Å². The van der Waals surface area contributed by atoms with Gasteiger partial charge in [0.05, 0.1) is 6.04 Å². The normalized spacial score (nSPS) is 14.2. The molecule has 19 heavy (non-hydrogen) atoms. The molecule has 106 valence electrons. The molecule has 0 aromatic heterocycles. The summed E-state index contributed by atoms with van der Waals surface area (Å²) in [6.07, 6.45) is 0.727. The highest BCUT2D eigenvalue weighted by molar-refractivity contribution is 5.81. The standard InChI is InChI=1S/C16H26N2O/c1-11(2)9-15(17)16(19)18-10-13(4)14-7-5-12(3)6-8-14/h5-8,11,13,15H,9-10,17H2,1-4H3,(H,18,19)/t13?,15-/m0/s1. The van der Waals surface area contributed by atoms with E-state index in [-0.39, 0.29) is 5.91 Å². The zero-order valence-electron chi connectivity index (χ0n) is 12.4. The number of carbonyl (C=O) groups excluding carboxylic acids is 1. The fourth-order valence-corrected chi connectivity index (χ4v) is 2.01. The molecule has 3 nitrogen and oxygen atoms in total. The maximum atomic E-state index is 11.8. The summed E-state index contributed by atoms with van der Waals surface area (Å²) >= 11 is 0. The highest BCUT2D eigenvalue weighted by Crippen LogP contribution is 2.14. The third-order valence-electron chi connectivity index (χ3n) is 3.29. The van der Waals surface area contributed by atoms with Crippen molar-refractivity contribution < 1.29 is 4.79 Å². The van der Waals surface area contributed by atoms with Gasteiger partial charge in [0.15, 0.2) is 0 Å². The van der Waals surface area contributed by atoms with Gasteiger partial charge in [0.25, 0.3) is 0 Å². The molecule has 0 spiro atoms. The van der Waals surface area contributed by atoms with Crippen molar-refractivity contribution in [3.05, 3.63) is 35.4 Å². The first-order valence-electron chi connectivity index (χ1n) is 7.00. The van der Waals surface area contributed by atoms with E-state index >= 15 is 0 Å². The number of hydrogen-bond donors (Lipinski definition) is 2. The van der Waals surface area contributed by atoms with Crippen LogP contribution in [0.3, 0.4) is 0 Å². The van der Waals surface area contributed by atoms with E-state index in [0.717, 1.165) is 6.42 Å². The average molecular weight is 262 g/mol. The van der Waals surface area contributed by atoms with E-state index in [0.29, 0.717) is 18.4 Å². The Morgan fingerprint density at radius 3 is 2.32 bits per heavy atom. The second-order valence-electron chi connectivity index (χ2n) is 5.79. The van der Waals surface area contributed by atoms with Gasteiger partial charge < -0.3 is 11.1 Å². The van der Waals surface area contributed by atoms with Crippen molar-refractivity contribution in [2.75, 3.05) is 6.54 Å². The molecule has 3 heteroatoms. The Bertz CT molecular complexity index is 398. The third-order valence-corrected chi connectivity index (χ3v) is 3.29. The summed E-state index contributed by atoms with van der Waals surface area (Å²) < 4.78 is 0. The minimum absolute atomic E-state index is 0.0485. The van der Waals surface area contributed by atoms with Gasteiger partial charge >= 0.3 is 0 Å². The van der Waals surface area contributed by atoms with Crippen LogP contribution in [0, 0.1) is 12.8 Å². The van der Waals surface area contributed by atoms with Crippen LogP contribution in [-0.2, 0) is 4.79 Å². The first-order chi connectivity index (χ1) is 8.90. The number of rotatable bonds is 6. The predicted molar refractivity (Wildman–Crippen MR) is 80.0 cm³/mol. The second kappa shape index (κ2) is 7.29. The molecule has 1 unspecified atom stereocenters. The van der Waals surface area contributed by atoms with Gasteiger partial charge in [0, 0.05) is 6.54 Å². The molecule has 0 aliphatic heterocycles. The molecule has 1 aromatic carbocycles. The zero-order chi connectivity index (χ0) is 14.4. The van der Waals surface area contributed by atoms with Crippen LogP contribution in [0.2, 0.25) is 0 Å². The summed E-state index contributed by atoms with van der Waals surface area (Å²) in [7, 11) is 0. The molecule has 0 fully saturated rings. The molecule has 0 saturated carbocycles. The highest BCUT2D eigenvalue weighted by Gasteiger charge is 2.15. The van der Waals surface area contributed by atoms with Crippen molar-refractivity contribution in [2.45, 2.75) is 46.1 Å².